The van der Waals surface area contributed by atoms with Crippen molar-refractivity contribution in [2.45, 2.75) is 25.3 Å². The van der Waals surface area contributed by atoms with Crippen molar-refractivity contribution in [2.75, 3.05) is 23.9 Å². The maximum absolute atomic E-state index is 12.1. The van der Waals surface area contributed by atoms with Crippen LogP contribution in [0.1, 0.15) is 29.9 Å². The molecular weight excluding hydrogens is 489 g/mol. The summed E-state index contributed by atoms with van der Waals surface area (Å²) < 4.78 is 28.1. The molecule has 0 bridgehead atoms. The van der Waals surface area contributed by atoms with E-state index in [1.54, 1.807) is 6.07 Å². The number of hydrogen-bond acceptors (Lipinski definition) is 4. The first-order chi connectivity index (χ1) is 13.4. The first-order valence-corrected chi connectivity index (χ1v) is 11.8. The number of piperidine rings is 1. The van der Waals surface area contributed by atoms with E-state index in [1.807, 2.05) is 16.9 Å². The summed E-state index contributed by atoms with van der Waals surface area (Å²) in [7, 11) is -3.77. The molecule has 2 fully saturated rings. The van der Waals surface area contributed by atoms with Crippen molar-refractivity contribution < 1.29 is 13.2 Å². The molecule has 1 amide bonds. The van der Waals surface area contributed by atoms with Gasteiger partial charge in [0.15, 0.2) is 0 Å². The number of anilines is 1. The molecule has 6 nitrogen and oxygen atoms in total. The van der Waals surface area contributed by atoms with Crippen molar-refractivity contribution in [2.24, 2.45) is 0 Å². The largest absolute Gasteiger partial charge is 0.326 e. The number of likely N-dealkylation sites (tertiary alicyclic amines) is 1. The van der Waals surface area contributed by atoms with Crippen LogP contribution in [0.5, 0.6) is 0 Å². The van der Waals surface area contributed by atoms with Gasteiger partial charge in [-0.3, -0.25) is 9.69 Å². The Kier molecular flexibility index (Phi) is 5.62. The Hall–Kier alpha value is -1.65. The molecule has 0 unspecified atom stereocenters. The van der Waals surface area contributed by atoms with Crippen molar-refractivity contribution in [1.82, 2.24) is 9.62 Å². The molecule has 2 saturated heterocycles. The summed E-state index contributed by atoms with van der Waals surface area (Å²) in [5.41, 5.74) is 3.13. The van der Waals surface area contributed by atoms with Gasteiger partial charge in [-0.2, -0.15) is 8.42 Å². The lowest BCUT2D eigenvalue weighted by Gasteiger charge is -2.32. The lowest BCUT2D eigenvalue weighted by atomic mass is 9.89. The van der Waals surface area contributed by atoms with E-state index in [0.29, 0.717) is 11.6 Å². The number of benzene rings is 2. The van der Waals surface area contributed by atoms with Crippen molar-refractivity contribution in [3.05, 3.63) is 63.2 Å². The average Bonchev–Trinajstić information content (AvgIpc) is 2.95. The van der Waals surface area contributed by atoms with Crippen molar-refractivity contribution >= 4 is 44.4 Å². The highest BCUT2D eigenvalue weighted by molar-refractivity contribution is 14.1. The predicted octanol–water partition coefficient (Wildman–Crippen LogP) is 2.85. The van der Waals surface area contributed by atoms with Gasteiger partial charge in [-0.15, -0.1) is 0 Å². The van der Waals surface area contributed by atoms with Crippen molar-refractivity contribution in [3.63, 3.8) is 0 Å². The molecule has 0 atom stereocenters. The van der Waals surface area contributed by atoms with Crippen LogP contribution in [0.4, 0.5) is 5.69 Å². The molecule has 0 aliphatic carbocycles. The average molecular weight is 511 g/mol. The van der Waals surface area contributed by atoms with E-state index in [2.05, 4.69) is 57.8 Å². The minimum absolute atomic E-state index is 0.162. The van der Waals surface area contributed by atoms with Gasteiger partial charge in [-0.1, -0.05) is 36.4 Å². The summed E-state index contributed by atoms with van der Waals surface area (Å²) in [5.74, 6) is 0.131. The Labute approximate surface area is 179 Å². The van der Waals surface area contributed by atoms with E-state index in [1.165, 1.54) is 5.56 Å². The van der Waals surface area contributed by atoms with Crippen LogP contribution in [0, 0.1) is 3.57 Å². The fourth-order valence-corrected chi connectivity index (χ4v) is 6.12. The second-order valence-electron chi connectivity index (χ2n) is 7.28. The molecule has 2 aliphatic rings. The van der Waals surface area contributed by atoms with Gasteiger partial charge >= 0.3 is 10.2 Å². The Bertz CT molecular complexity index is 973. The minimum atomic E-state index is -3.77. The third-order valence-corrected chi connectivity index (χ3v) is 7.62. The number of nitrogens with one attached hydrogen (secondary N) is 1. The molecule has 2 aliphatic heterocycles. The van der Waals surface area contributed by atoms with Crippen LogP contribution < -0.4 is 9.03 Å². The minimum Gasteiger partial charge on any atom is -0.299 e. The van der Waals surface area contributed by atoms with E-state index in [0.717, 1.165) is 45.9 Å². The second-order valence-corrected chi connectivity index (χ2v) is 10.0. The molecule has 2 aromatic rings. The SMILES string of the molecule is O=C1CN(c2ccc(CN3CCC(c4ccccc4)CC3)cc2I)S(=O)(=O)N1. The van der Waals surface area contributed by atoms with E-state index in [-0.39, 0.29) is 6.54 Å². The Balaban J connectivity index is 1.40. The second kappa shape index (κ2) is 8.00. The smallest absolute Gasteiger partial charge is 0.299 e. The van der Waals surface area contributed by atoms with Crippen LogP contribution in [-0.2, 0) is 21.5 Å². The monoisotopic (exact) mass is 511 g/mol. The number of hydrogen-bond donors (Lipinski definition) is 1. The van der Waals surface area contributed by atoms with Gasteiger partial charge < -0.3 is 0 Å². The van der Waals surface area contributed by atoms with E-state index >= 15 is 0 Å². The maximum atomic E-state index is 12.1. The predicted molar refractivity (Wildman–Crippen MR) is 117 cm³/mol. The number of amides is 1. The number of rotatable bonds is 4. The zero-order chi connectivity index (χ0) is 19.7. The summed E-state index contributed by atoms with van der Waals surface area (Å²) in [6.45, 7) is 2.79. The standard InChI is InChI=1S/C20H22IN3O3S/c21-18-12-15(6-7-19(18)24-14-20(25)22-28(24,26)27)13-23-10-8-17(9-11-23)16-4-2-1-3-5-16/h1-7,12,17H,8-11,13-14H2,(H,22,25). The zero-order valence-corrected chi connectivity index (χ0v) is 18.3. The molecule has 0 spiro atoms. The highest BCUT2D eigenvalue weighted by Crippen LogP contribution is 2.30. The lowest BCUT2D eigenvalue weighted by Crippen LogP contribution is -2.32. The number of carbonyl (C=O) groups is 1. The van der Waals surface area contributed by atoms with Gasteiger partial charge in [0.25, 0.3) is 5.91 Å². The Morgan fingerprint density at radius 1 is 1.07 bits per heavy atom. The molecule has 0 radical (unpaired) electrons. The van der Waals surface area contributed by atoms with Crippen LogP contribution in [0.25, 0.3) is 0 Å². The molecule has 0 aromatic heterocycles. The summed E-state index contributed by atoms with van der Waals surface area (Å²) in [4.78, 5) is 13.9. The summed E-state index contributed by atoms with van der Waals surface area (Å²) >= 11 is 2.14. The fraction of sp³-hybridized carbons (Fsp3) is 0.350. The molecule has 0 saturated carbocycles. The number of nitrogens with zero attached hydrogens (tertiary/aromatic N) is 2. The van der Waals surface area contributed by atoms with Crippen LogP contribution in [-0.4, -0.2) is 38.9 Å². The first kappa shape index (κ1) is 19.7. The van der Waals surface area contributed by atoms with Crippen molar-refractivity contribution in [1.29, 1.82) is 0 Å². The molecule has 2 heterocycles. The van der Waals surface area contributed by atoms with Crippen LogP contribution in [0.15, 0.2) is 48.5 Å². The van der Waals surface area contributed by atoms with E-state index < -0.39 is 16.1 Å². The van der Waals surface area contributed by atoms with Gasteiger partial charge in [0, 0.05) is 10.1 Å². The molecule has 4 rings (SSSR count). The topological polar surface area (TPSA) is 69.7 Å². The molecule has 2 aromatic carbocycles. The highest BCUT2D eigenvalue weighted by Gasteiger charge is 2.35. The summed E-state index contributed by atoms with van der Waals surface area (Å²) in [5, 5.41) is 0. The molecule has 28 heavy (non-hydrogen) atoms. The van der Waals surface area contributed by atoms with Gasteiger partial charge in [0.1, 0.15) is 6.54 Å². The maximum Gasteiger partial charge on any atom is 0.326 e. The molecule has 1 N–H and O–H groups in total. The lowest BCUT2D eigenvalue weighted by molar-refractivity contribution is -0.117. The van der Waals surface area contributed by atoms with Gasteiger partial charge in [0.2, 0.25) is 0 Å². The molecular formula is C20H22IN3O3S. The van der Waals surface area contributed by atoms with Crippen LogP contribution >= 0.6 is 22.6 Å². The fourth-order valence-electron chi connectivity index (χ4n) is 3.92. The molecule has 148 valence electrons. The quantitative estimate of drug-likeness (QED) is 0.642. The zero-order valence-electron chi connectivity index (χ0n) is 15.3. The normalized spacial score (nSPS) is 20.3. The van der Waals surface area contributed by atoms with Crippen LogP contribution in [0.3, 0.4) is 0 Å². The van der Waals surface area contributed by atoms with E-state index in [4.69, 9.17) is 0 Å². The van der Waals surface area contributed by atoms with E-state index in [9.17, 15) is 13.2 Å². The number of halogens is 1. The van der Waals surface area contributed by atoms with Gasteiger partial charge in [-0.25, -0.2) is 9.03 Å². The van der Waals surface area contributed by atoms with Gasteiger partial charge in [0.05, 0.1) is 5.69 Å². The highest BCUT2D eigenvalue weighted by atomic mass is 127. The van der Waals surface area contributed by atoms with Gasteiger partial charge in [-0.05, 0) is 77.7 Å². The Morgan fingerprint density at radius 2 is 1.79 bits per heavy atom. The summed E-state index contributed by atoms with van der Waals surface area (Å²) in [6.07, 6.45) is 2.30. The van der Waals surface area contributed by atoms with Crippen molar-refractivity contribution in [3.8, 4) is 0 Å². The number of carbonyl (C=O) groups excluding carboxylic acids is 1. The third kappa shape index (κ3) is 4.18. The van der Waals surface area contributed by atoms with Crippen LogP contribution in [0.2, 0.25) is 0 Å². The summed E-state index contributed by atoms with van der Waals surface area (Å²) in [6, 6.07) is 16.5. The third-order valence-electron chi connectivity index (χ3n) is 5.37. The first-order valence-electron chi connectivity index (χ1n) is 9.31. The Morgan fingerprint density at radius 3 is 2.39 bits per heavy atom. The molecule has 8 heteroatoms.